The van der Waals surface area contributed by atoms with Crippen LogP contribution in [-0.2, 0) is 4.79 Å². The van der Waals surface area contributed by atoms with Crippen LogP contribution in [0.5, 0.6) is 0 Å². The topological polar surface area (TPSA) is 72.2 Å². The molecule has 0 saturated heterocycles. The Morgan fingerprint density at radius 1 is 1.15 bits per heavy atom. The quantitative estimate of drug-likeness (QED) is 0.514. The van der Waals surface area contributed by atoms with E-state index in [0.29, 0.717) is 0 Å². The molecule has 0 fully saturated rings. The minimum absolute atomic E-state index is 0.148. The van der Waals surface area contributed by atoms with Crippen molar-refractivity contribution < 1.29 is 4.79 Å². The molecule has 1 aromatic carbocycles. The summed E-state index contributed by atoms with van der Waals surface area (Å²) in [4.78, 5) is 15.5. The van der Waals surface area contributed by atoms with Crippen LogP contribution in [0.25, 0.3) is 21.1 Å². The Kier molecular flexibility index (Phi) is 4.59. The van der Waals surface area contributed by atoms with E-state index in [9.17, 15) is 4.79 Å². The normalized spacial score (nSPS) is 11.9. The van der Waals surface area contributed by atoms with Crippen molar-refractivity contribution in [3.63, 3.8) is 0 Å². The van der Waals surface area contributed by atoms with Gasteiger partial charge in [0.05, 0.1) is 0 Å². The summed E-state index contributed by atoms with van der Waals surface area (Å²) in [5.74, 6) is 0.603. The summed E-state index contributed by atoms with van der Waals surface area (Å²) in [6.07, 6.45) is 1.63. The zero-order valence-electron chi connectivity index (χ0n) is 15.1. The van der Waals surface area contributed by atoms with Gasteiger partial charge >= 0.3 is 0 Å². The molecule has 0 bridgehead atoms. The molecular formula is C19H17N5OS2. The molecule has 136 valence electrons. The van der Waals surface area contributed by atoms with Crippen molar-refractivity contribution in [3.8, 4) is 10.6 Å². The van der Waals surface area contributed by atoms with E-state index in [4.69, 9.17) is 0 Å². The van der Waals surface area contributed by atoms with Crippen molar-refractivity contribution in [1.29, 1.82) is 0 Å². The number of anilines is 1. The summed E-state index contributed by atoms with van der Waals surface area (Å²) < 4.78 is 1.72. The van der Waals surface area contributed by atoms with Crippen LogP contribution < -0.4 is 5.32 Å². The maximum Gasteiger partial charge on any atom is 0.248 e. The number of rotatable bonds is 4. The van der Waals surface area contributed by atoms with Gasteiger partial charge in [0.1, 0.15) is 5.01 Å². The number of aryl methyl sites for hydroxylation is 2. The van der Waals surface area contributed by atoms with Crippen LogP contribution in [0.4, 0.5) is 5.69 Å². The monoisotopic (exact) mass is 395 g/mol. The van der Waals surface area contributed by atoms with Crippen molar-refractivity contribution in [1.82, 2.24) is 19.8 Å². The fourth-order valence-electron chi connectivity index (χ4n) is 2.65. The van der Waals surface area contributed by atoms with Crippen LogP contribution in [0.15, 0.2) is 42.5 Å². The number of thiophene rings is 1. The molecule has 3 heterocycles. The number of nitrogens with zero attached hydrogens (tertiary/aromatic N) is 4. The number of nitrogens with one attached hydrogen (secondary N) is 1. The highest BCUT2D eigenvalue weighted by atomic mass is 32.1. The van der Waals surface area contributed by atoms with Gasteiger partial charge in [-0.3, -0.25) is 4.79 Å². The molecule has 4 aromatic rings. The zero-order valence-corrected chi connectivity index (χ0v) is 16.7. The highest BCUT2D eigenvalue weighted by molar-refractivity contribution is 7.19. The number of allylic oxidation sites excluding steroid dienone is 1. The average Bonchev–Trinajstić information content (AvgIpc) is 3.33. The predicted molar refractivity (Wildman–Crippen MR) is 110 cm³/mol. The summed E-state index contributed by atoms with van der Waals surface area (Å²) in [5, 5.41) is 16.4. The van der Waals surface area contributed by atoms with Gasteiger partial charge in [-0.05, 0) is 50.6 Å². The first kappa shape index (κ1) is 17.6. The molecule has 0 aliphatic rings. The number of fused-ring (bicyclic) bond motifs is 1. The standard InChI is InChI=1S/C19H17N5OS2/c1-11(16-8-7-12(2)26-16)9-17(25)20-15-6-4-5-14(10-15)18-23-24-13(3)21-22-19(24)27-18/h4-10H,1-3H3,(H,20,25). The molecule has 8 heteroatoms. The fraction of sp³-hybridized carbons (Fsp3) is 0.158. The fourth-order valence-corrected chi connectivity index (χ4v) is 4.37. The van der Waals surface area contributed by atoms with Gasteiger partial charge in [-0.25, -0.2) is 0 Å². The van der Waals surface area contributed by atoms with Crippen molar-refractivity contribution in [2.24, 2.45) is 0 Å². The third-order valence-corrected chi connectivity index (χ3v) is 6.08. The van der Waals surface area contributed by atoms with Gasteiger partial charge < -0.3 is 5.32 Å². The van der Waals surface area contributed by atoms with Crippen molar-refractivity contribution in [3.05, 3.63) is 58.1 Å². The van der Waals surface area contributed by atoms with Gasteiger partial charge in [0, 0.05) is 27.1 Å². The molecule has 1 amide bonds. The second-order valence-corrected chi connectivity index (χ2v) is 8.40. The molecule has 0 unspecified atom stereocenters. The van der Waals surface area contributed by atoms with Crippen LogP contribution in [0.3, 0.4) is 0 Å². The van der Waals surface area contributed by atoms with Gasteiger partial charge in [-0.2, -0.15) is 9.61 Å². The lowest BCUT2D eigenvalue weighted by Gasteiger charge is -2.05. The van der Waals surface area contributed by atoms with Crippen LogP contribution in [0.2, 0.25) is 0 Å². The first-order valence-electron chi connectivity index (χ1n) is 8.35. The molecule has 27 heavy (non-hydrogen) atoms. The molecule has 6 nitrogen and oxygen atoms in total. The summed E-state index contributed by atoms with van der Waals surface area (Å²) in [7, 11) is 0. The molecule has 0 aliphatic heterocycles. The molecule has 0 radical (unpaired) electrons. The maximum atomic E-state index is 12.4. The Morgan fingerprint density at radius 3 is 2.74 bits per heavy atom. The lowest BCUT2D eigenvalue weighted by molar-refractivity contribution is -0.111. The number of carbonyl (C=O) groups is 1. The Morgan fingerprint density at radius 2 is 2.00 bits per heavy atom. The Balaban J connectivity index is 1.54. The number of hydrogen-bond acceptors (Lipinski definition) is 6. The Bertz CT molecular complexity index is 1170. The van der Waals surface area contributed by atoms with E-state index in [2.05, 4.69) is 33.6 Å². The minimum atomic E-state index is -0.148. The van der Waals surface area contributed by atoms with Gasteiger partial charge in [-0.1, -0.05) is 23.5 Å². The third kappa shape index (κ3) is 3.67. The Labute approximate surface area is 164 Å². The highest BCUT2D eigenvalue weighted by Crippen LogP contribution is 2.28. The second kappa shape index (κ2) is 7.05. The van der Waals surface area contributed by atoms with Gasteiger partial charge in [0.2, 0.25) is 10.9 Å². The van der Waals surface area contributed by atoms with E-state index in [1.54, 1.807) is 21.9 Å². The molecule has 0 aliphatic carbocycles. The first-order valence-corrected chi connectivity index (χ1v) is 9.98. The van der Waals surface area contributed by atoms with Crippen LogP contribution in [0.1, 0.15) is 22.5 Å². The van der Waals surface area contributed by atoms with E-state index < -0.39 is 0 Å². The molecule has 0 atom stereocenters. The number of amides is 1. The van der Waals surface area contributed by atoms with Crippen LogP contribution in [0, 0.1) is 13.8 Å². The van der Waals surface area contributed by atoms with E-state index in [1.165, 1.54) is 16.2 Å². The smallest absolute Gasteiger partial charge is 0.248 e. The first-order chi connectivity index (χ1) is 13.0. The van der Waals surface area contributed by atoms with Crippen molar-refractivity contribution in [2.45, 2.75) is 20.8 Å². The van der Waals surface area contributed by atoms with E-state index in [-0.39, 0.29) is 5.91 Å². The predicted octanol–water partition coefficient (Wildman–Crippen LogP) is 4.57. The SMILES string of the molecule is CC(=CC(=O)Nc1cccc(-c2nn3c(C)nnc3s2)c1)c1ccc(C)s1. The number of aromatic nitrogens is 4. The molecule has 0 spiro atoms. The highest BCUT2D eigenvalue weighted by Gasteiger charge is 2.11. The maximum absolute atomic E-state index is 12.4. The van der Waals surface area contributed by atoms with Crippen LogP contribution in [-0.4, -0.2) is 25.7 Å². The summed E-state index contributed by atoms with van der Waals surface area (Å²) in [6.45, 7) is 5.87. The zero-order chi connectivity index (χ0) is 19.0. The van der Waals surface area contributed by atoms with E-state index in [1.807, 2.05) is 44.2 Å². The number of benzene rings is 1. The third-order valence-electron chi connectivity index (χ3n) is 4.00. The minimum Gasteiger partial charge on any atom is -0.322 e. The van der Waals surface area contributed by atoms with E-state index >= 15 is 0 Å². The molecule has 1 N–H and O–H groups in total. The van der Waals surface area contributed by atoms with Crippen molar-refractivity contribution in [2.75, 3.05) is 5.32 Å². The summed E-state index contributed by atoms with van der Waals surface area (Å²) >= 11 is 3.14. The van der Waals surface area contributed by atoms with Crippen molar-refractivity contribution >= 4 is 44.8 Å². The lowest BCUT2D eigenvalue weighted by Crippen LogP contribution is -2.08. The van der Waals surface area contributed by atoms with Gasteiger partial charge in [-0.15, -0.1) is 21.5 Å². The lowest BCUT2D eigenvalue weighted by atomic mass is 10.2. The molecule has 4 rings (SSSR count). The van der Waals surface area contributed by atoms with E-state index in [0.717, 1.165) is 37.5 Å². The van der Waals surface area contributed by atoms with Gasteiger partial charge in [0.15, 0.2) is 5.82 Å². The molecular weight excluding hydrogens is 378 g/mol. The second-order valence-electron chi connectivity index (χ2n) is 6.16. The van der Waals surface area contributed by atoms with Gasteiger partial charge in [0.25, 0.3) is 0 Å². The summed E-state index contributed by atoms with van der Waals surface area (Å²) in [5.41, 5.74) is 2.61. The number of hydrogen-bond donors (Lipinski definition) is 1. The van der Waals surface area contributed by atoms with Crippen LogP contribution >= 0.6 is 22.7 Å². The average molecular weight is 396 g/mol. The number of carbonyl (C=O) groups excluding carboxylic acids is 1. The molecule has 0 saturated carbocycles. The summed E-state index contributed by atoms with van der Waals surface area (Å²) in [6, 6.07) is 11.7. The Hall–Kier alpha value is -2.84. The largest absolute Gasteiger partial charge is 0.322 e. The molecule has 3 aromatic heterocycles.